The Labute approximate surface area is 101 Å². The highest BCUT2D eigenvalue weighted by Crippen LogP contribution is 2.27. The second-order valence-electron chi connectivity index (χ2n) is 2.66. The van der Waals surface area contributed by atoms with Gasteiger partial charge < -0.3 is 5.11 Å². The van der Waals surface area contributed by atoms with Crippen LogP contribution < -0.4 is 0 Å². The summed E-state index contributed by atoms with van der Waals surface area (Å²) in [6.07, 6.45) is 0. The Bertz CT molecular complexity index is 418. The van der Waals surface area contributed by atoms with E-state index in [4.69, 9.17) is 5.11 Å². The highest BCUT2D eigenvalue weighted by atomic mass is 79.9. The lowest BCUT2D eigenvalue weighted by molar-refractivity contribution is -0.385. The molecular weight excluding hydrogens is 278 g/mol. The van der Waals surface area contributed by atoms with Crippen LogP contribution in [0.25, 0.3) is 0 Å². The fourth-order valence-corrected chi connectivity index (χ4v) is 1.43. The van der Waals surface area contributed by atoms with Crippen LogP contribution in [0.3, 0.4) is 0 Å². The number of benzene rings is 1. The summed E-state index contributed by atoms with van der Waals surface area (Å²) in [5, 5.41) is 19.2. The third-order valence-corrected chi connectivity index (χ3v) is 2.58. The summed E-state index contributed by atoms with van der Waals surface area (Å²) in [5.41, 5.74) is 0.117. The molecular formula is C10H12BrNO4. The molecule has 0 aromatic heterocycles. The van der Waals surface area contributed by atoms with Gasteiger partial charge in [-0.05, 0) is 13.0 Å². The van der Waals surface area contributed by atoms with Gasteiger partial charge in [0.15, 0.2) is 0 Å². The predicted molar refractivity (Wildman–Crippen MR) is 63.8 cm³/mol. The minimum Gasteiger partial charge on any atom is -0.478 e. The Morgan fingerprint density at radius 2 is 1.94 bits per heavy atom. The number of carboxylic acids is 1. The van der Waals surface area contributed by atoms with E-state index in [1.807, 2.05) is 13.8 Å². The molecule has 0 saturated heterocycles. The Balaban J connectivity index is 0.00000106. The van der Waals surface area contributed by atoms with Gasteiger partial charge in [0.25, 0.3) is 5.69 Å². The monoisotopic (exact) mass is 289 g/mol. The summed E-state index contributed by atoms with van der Waals surface area (Å²) in [6, 6.07) is 2.38. The van der Waals surface area contributed by atoms with Crippen LogP contribution in [-0.4, -0.2) is 16.0 Å². The van der Waals surface area contributed by atoms with E-state index in [9.17, 15) is 14.9 Å². The van der Waals surface area contributed by atoms with Crippen molar-refractivity contribution in [2.75, 3.05) is 0 Å². The third kappa shape index (κ3) is 3.30. The molecule has 0 amide bonds. The molecule has 0 aliphatic heterocycles. The van der Waals surface area contributed by atoms with Crippen LogP contribution in [-0.2, 0) is 0 Å². The average molecular weight is 290 g/mol. The SMILES string of the molecule is CC.Cc1c(Br)cc(C(=O)O)cc1[N+](=O)[O-]. The Kier molecular flexibility index (Phi) is 5.66. The zero-order valence-electron chi connectivity index (χ0n) is 9.15. The molecule has 5 nitrogen and oxygen atoms in total. The molecule has 16 heavy (non-hydrogen) atoms. The van der Waals surface area contributed by atoms with Gasteiger partial charge in [-0.25, -0.2) is 4.79 Å². The van der Waals surface area contributed by atoms with E-state index in [0.717, 1.165) is 6.07 Å². The highest BCUT2D eigenvalue weighted by molar-refractivity contribution is 9.10. The van der Waals surface area contributed by atoms with Crippen LogP contribution in [0, 0.1) is 17.0 Å². The van der Waals surface area contributed by atoms with Gasteiger partial charge in [-0.3, -0.25) is 10.1 Å². The van der Waals surface area contributed by atoms with Gasteiger partial charge in [0, 0.05) is 16.1 Å². The lowest BCUT2D eigenvalue weighted by Crippen LogP contribution is -2.00. The summed E-state index contributed by atoms with van der Waals surface area (Å²) in [4.78, 5) is 20.5. The summed E-state index contributed by atoms with van der Waals surface area (Å²) in [5.74, 6) is -1.19. The average Bonchev–Trinajstić information content (AvgIpc) is 2.24. The topological polar surface area (TPSA) is 80.4 Å². The van der Waals surface area contributed by atoms with Gasteiger partial charge >= 0.3 is 5.97 Å². The zero-order chi connectivity index (χ0) is 12.9. The molecule has 1 aromatic carbocycles. The number of halogens is 1. The molecule has 0 saturated carbocycles. The molecule has 0 radical (unpaired) electrons. The summed E-state index contributed by atoms with van der Waals surface area (Å²) in [6.45, 7) is 5.55. The van der Waals surface area contributed by atoms with E-state index < -0.39 is 10.9 Å². The normalized spacial score (nSPS) is 9.00. The quantitative estimate of drug-likeness (QED) is 0.668. The molecule has 0 bridgehead atoms. The number of aromatic carboxylic acids is 1. The maximum absolute atomic E-state index is 10.6. The fraction of sp³-hybridized carbons (Fsp3) is 0.300. The van der Waals surface area contributed by atoms with Gasteiger partial charge in [-0.2, -0.15) is 0 Å². The van der Waals surface area contributed by atoms with E-state index in [2.05, 4.69) is 15.9 Å². The van der Waals surface area contributed by atoms with Crippen LogP contribution in [0.2, 0.25) is 0 Å². The van der Waals surface area contributed by atoms with E-state index in [1.54, 1.807) is 6.92 Å². The van der Waals surface area contributed by atoms with Crippen LogP contribution in [0.1, 0.15) is 29.8 Å². The number of hydrogen-bond acceptors (Lipinski definition) is 3. The molecule has 1 rings (SSSR count). The number of nitrogens with zero attached hydrogens (tertiary/aromatic N) is 1. The van der Waals surface area contributed by atoms with Crippen molar-refractivity contribution >= 4 is 27.6 Å². The lowest BCUT2D eigenvalue weighted by atomic mass is 10.1. The lowest BCUT2D eigenvalue weighted by Gasteiger charge is -2.01. The van der Waals surface area contributed by atoms with Gasteiger partial charge in [0.1, 0.15) is 0 Å². The van der Waals surface area contributed by atoms with Crippen LogP contribution in [0.4, 0.5) is 5.69 Å². The number of nitro benzene ring substituents is 1. The van der Waals surface area contributed by atoms with Gasteiger partial charge in [0.2, 0.25) is 0 Å². The summed E-state index contributed by atoms with van der Waals surface area (Å²) >= 11 is 3.07. The second-order valence-corrected chi connectivity index (χ2v) is 3.52. The Hall–Kier alpha value is -1.43. The van der Waals surface area contributed by atoms with Crippen molar-refractivity contribution in [1.82, 2.24) is 0 Å². The van der Waals surface area contributed by atoms with Gasteiger partial charge in [-0.15, -0.1) is 0 Å². The molecule has 0 heterocycles. The second kappa shape index (κ2) is 6.22. The molecule has 1 aromatic rings. The summed E-state index contributed by atoms with van der Waals surface area (Å²) < 4.78 is 0.420. The molecule has 1 N–H and O–H groups in total. The van der Waals surface area contributed by atoms with Crippen molar-refractivity contribution in [2.45, 2.75) is 20.8 Å². The van der Waals surface area contributed by atoms with Gasteiger partial charge in [-0.1, -0.05) is 29.8 Å². The van der Waals surface area contributed by atoms with Crippen LogP contribution >= 0.6 is 15.9 Å². The Morgan fingerprint density at radius 3 is 2.31 bits per heavy atom. The molecule has 6 heteroatoms. The first-order valence-corrected chi connectivity index (χ1v) is 5.40. The molecule has 88 valence electrons. The van der Waals surface area contributed by atoms with Crippen LogP contribution in [0.5, 0.6) is 0 Å². The number of carboxylic acid groups (broad SMARTS) is 1. The predicted octanol–water partition coefficient (Wildman–Crippen LogP) is 3.39. The van der Waals surface area contributed by atoms with E-state index in [0.29, 0.717) is 10.0 Å². The molecule has 0 unspecified atom stereocenters. The van der Waals surface area contributed by atoms with Crippen molar-refractivity contribution in [3.05, 3.63) is 37.8 Å². The first-order valence-electron chi connectivity index (χ1n) is 4.61. The molecule has 0 aliphatic rings. The Morgan fingerprint density at radius 1 is 1.44 bits per heavy atom. The van der Waals surface area contributed by atoms with E-state index in [1.165, 1.54) is 6.07 Å². The minimum atomic E-state index is -1.19. The van der Waals surface area contributed by atoms with Crippen molar-refractivity contribution in [1.29, 1.82) is 0 Å². The number of nitro groups is 1. The van der Waals surface area contributed by atoms with Crippen molar-refractivity contribution in [2.24, 2.45) is 0 Å². The van der Waals surface area contributed by atoms with Crippen LogP contribution in [0.15, 0.2) is 16.6 Å². The number of carbonyl (C=O) groups is 1. The number of hydrogen-bond donors (Lipinski definition) is 1. The third-order valence-electron chi connectivity index (χ3n) is 1.76. The fourth-order valence-electron chi connectivity index (χ4n) is 0.977. The molecule has 0 spiro atoms. The zero-order valence-corrected chi connectivity index (χ0v) is 10.7. The smallest absolute Gasteiger partial charge is 0.335 e. The van der Waals surface area contributed by atoms with Gasteiger partial charge in [0.05, 0.1) is 10.5 Å². The van der Waals surface area contributed by atoms with Crippen molar-refractivity contribution < 1.29 is 14.8 Å². The standard InChI is InChI=1S/C8H6BrNO4.C2H6/c1-4-6(9)2-5(8(11)12)3-7(4)10(13)14;1-2/h2-3H,1H3,(H,11,12);1-2H3. The number of rotatable bonds is 2. The van der Waals surface area contributed by atoms with Crippen molar-refractivity contribution in [3.63, 3.8) is 0 Å². The maximum atomic E-state index is 10.6. The first-order chi connectivity index (χ1) is 7.43. The minimum absolute atomic E-state index is 0.103. The summed E-state index contributed by atoms with van der Waals surface area (Å²) in [7, 11) is 0. The van der Waals surface area contributed by atoms with E-state index in [-0.39, 0.29) is 11.3 Å². The van der Waals surface area contributed by atoms with Crippen molar-refractivity contribution in [3.8, 4) is 0 Å². The van der Waals surface area contributed by atoms with E-state index >= 15 is 0 Å². The highest BCUT2D eigenvalue weighted by Gasteiger charge is 2.17. The molecule has 0 fully saturated rings. The molecule has 0 aliphatic carbocycles. The first kappa shape index (κ1) is 14.6. The largest absolute Gasteiger partial charge is 0.478 e. The maximum Gasteiger partial charge on any atom is 0.335 e. The molecule has 0 atom stereocenters.